The number of thiazole rings is 1. The molecule has 0 radical (unpaired) electrons. The van der Waals surface area contributed by atoms with E-state index >= 15 is 0 Å². The van der Waals surface area contributed by atoms with E-state index in [0.29, 0.717) is 0 Å². The second-order valence-electron chi connectivity index (χ2n) is 6.25. The molecule has 3 aromatic rings. The van der Waals surface area contributed by atoms with Crippen LogP contribution in [0.5, 0.6) is 0 Å². The maximum Gasteiger partial charge on any atom is 0.114 e. The van der Waals surface area contributed by atoms with E-state index in [1.165, 1.54) is 0 Å². The minimum atomic E-state index is -0.185. The molecule has 1 aromatic carbocycles. The van der Waals surface area contributed by atoms with E-state index in [1.807, 2.05) is 18.2 Å². The number of benzene rings is 1. The van der Waals surface area contributed by atoms with Crippen LogP contribution in [0.15, 0.2) is 41.9 Å². The van der Waals surface area contributed by atoms with E-state index < -0.39 is 0 Å². The zero-order valence-electron chi connectivity index (χ0n) is 12.5. The second-order valence-corrected chi connectivity index (χ2v) is 7.14. The maximum absolute atomic E-state index is 6.39. The summed E-state index contributed by atoms with van der Waals surface area (Å²) in [7, 11) is 0. The lowest BCUT2D eigenvalue weighted by Crippen LogP contribution is -2.15. The molecular formula is C17H19N3S. The number of hydrogen-bond donors (Lipinski definition) is 1. The summed E-state index contributed by atoms with van der Waals surface area (Å²) in [4.78, 5) is 9.05. The summed E-state index contributed by atoms with van der Waals surface area (Å²) in [5.74, 6) is 0. The predicted octanol–water partition coefficient (Wildman–Crippen LogP) is 4.04. The summed E-state index contributed by atoms with van der Waals surface area (Å²) in [5.41, 5.74) is 9.61. The van der Waals surface area contributed by atoms with Crippen LogP contribution in [0.2, 0.25) is 0 Å². The van der Waals surface area contributed by atoms with Crippen molar-refractivity contribution < 1.29 is 0 Å². The Bertz CT molecular complexity index is 771. The standard InChI is InChI=1S/C17H19N3S/c1-17(2,3)14-10-21-16(20-14)15(18)12-6-7-13-11(9-12)5-4-8-19-13/h4-10,15H,18H2,1-3H3. The van der Waals surface area contributed by atoms with Gasteiger partial charge in [0.2, 0.25) is 0 Å². The van der Waals surface area contributed by atoms with Gasteiger partial charge in [0.05, 0.1) is 17.3 Å². The van der Waals surface area contributed by atoms with Crippen molar-refractivity contribution in [1.29, 1.82) is 0 Å². The summed E-state index contributed by atoms with van der Waals surface area (Å²) in [5, 5.41) is 4.18. The highest BCUT2D eigenvalue weighted by Crippen LogP contribution is 2.29. The molecule has 3 nitrogen and oxygen atoms in total. The van der Waals surface area contributed by atoms with Crippen LogP contribution in [0.4, 0.5) is 0 Å². The number of rotatable bonds is 2. The zero-order valence-corrected chi connectivity index (χ0v) is 13.3. The molecule has 2 aromatic heterocycles. The molecule has 0 bridgehead atoms. The Morgan fingerprint density at radius 3 is 2.71 bits per heavy atom. The molecular weight excluding hydrogens is 278 g/mol. The minimum Gasteiger partial charge on any atom is -0.318 e. The van der Waals surface area contributed by atoms with Gasteiger partial charge in [-0.2, -0.15) is 0 Å². The van der Waals surface area contributed by atoms with Crippen LogP contribution >= 0.6 is 11.3 Å². The van der Waals surface area contributed by atoms with E-state index in [2.05, 4.69) is 43.3 Å². The third-order valence-electron chi connectivity index (χ3n) is 3.54. The second kappa shape index (κ2) is 5.20. The minimum absolute atomic E-state index is 0.0573. The first-order chi connectivity index (χ1) is 9.95. The van der Waals surface area contributed by atoms with Gasteiger partial charge in [0.1, 0.15) is 5.01 Å². The van der Waals surface area contributed by atoms with Crippen molar-refractivity contribution in [2.45, 2.75) is 32.2 Å². The van der Waals surface area contributed by atoms with Gasteiger partial charge in [0.15, 0.2) is 0 Å². The van der Waals surface area contributed by atoms with E-state index in [4.69, 9.17) is 10.7 Å². The monoisotopic (exact) mass is 297 g/mol. The number of fused-ring (bicyclic) bond motifs is 1. The Kier molecular flexibility index (Phi) is 3.51. The summed E-state index contributed by atoms with van der Waals surface area (Å²) in [6.45, 7) is 6.50. The average molecular weight is 297 g/mol. The highest BCUT2D eigenvalue weighted by atomic mass is 32.1. The zero-order chi connectivity index (χ0) is 15.0. The smallest absolute Gasteiger partial charge is 0.114 e. The van der Waals surface area contributed by atoms with Gasteiger partial charge in [-0.15, -0.1) is 11.3 Å². The fourth-order valence-corrected chi connectivity index (χ4v) is 3.28. The fourth-order valence-electron chi connectivity index (χ4n) is 2.21. The third kappa shape index (κ3) is 2.82. The lowest BCUT2D eigenvalue weighted by molar-refractivity contribution is 0.569. The van der Waals surface area contributed by atoms with Crippen LogP contribution in [0.3, 0.4) is 0 Å². The average Bonchev–Trinajstić information content (AvgIpc) is 2.96. The highest BCUT2D eigenvalue weighted by Gasteiger charge is 2.20. The van der Waals surface area contributed by atoms with Crippen molar-refractivity contribution in [2.24, 2.45) is 5.73 Å². The summed E-state index contributed by atoms with van der Waals surface area (Å²) < 4.78 is 0. The normalized spacial score (nSPS) is 13.5. The first-order valence-corrected chi connectivity index (χ1v) is 7.89. The van der Waals surface area contributed by atoms with Gasteiger partial charge in [-0.1, -0.05) is 32.9 Å². The largest absolute Gasteiger partial charge is 0.318 e. The van der Waals surface area contributed by atoms with Gasteiger partial charge in [-0.05, 0) is 23.8 Å². The molecule has 0 amide bonds. The fraction of sp³-hybridized carbons (Fsp3) is 0.294. The van der Waals surface area contributed by atoms with Crippen molar-refractivity contribution in [1.82, 2.24) is 9.97 Å². The molecule has 0 aliphatic heterocycles. The van der Waals surface area contributed by atoms with Crippen LogP contribution in [0.1, 0.15) is 43.1 Å². The summed E-state index contributed by atoms with van der Waals surface area (Å²) >= 11 is 1.63. The quantitative estimate of drug-likeness (QED) is 0.776. The van der Waals surface area contributed by atoms with Crippen LogP contribution in [-0.2, 0) is 5.41 Å². The van der Waals surface area contributed by atoms with E-state index in [0.717, 1.165) is 27.2 Å². The van der Waals surface area contributed by atoms with E-state index in [1.54, 1.807) is 17.5 Å². The van der Waals surface area contributed by atoms with Crippen LogP contribution in [0, 0.1) is 0 Å². The summed E-state index contributed by atoms with van der Waals surface area (Å²) in [6, 6.07) is 9.97. The Morgan fingerprint density at radius 1 is 1.19 bits per heavy atom. The van der Waals surface area contributed by atoms with Crippen molar-refractivity contribution in [3.63, 3.8) is 0 Å². The Labute approximate surface area is 128 Å². The highest BCUT2D eigenvalue weighted by molar-refractivity contribution is 7.09. The number of pyridine rings is 1. The van der Waals surface area contributed by atoms with E-state index in [9.17, 15) is 0 Å². The SMILES string of the molecule is CC(C)(C)c1csc(C(N)c2ccc3ncccc3c2)n1. The summed E-state index contributed by atoms with van der Waals surface area (Å²) in [6.07, 6.45) is 1.80. The predicted molar refractivity (Wildman–Crippen MR) is 88.6 cm³/mol. The molecule has 0 fully saturated rings. The van der Waals surface area contributed by atoms with Gasteiger partial charge >= 0.3 is 0 Å². The van der Waals surface area contributed by atoms with Crippen LogP contribution in [-0.4, -0.2) is 9.97 Å². The molecule has 2 N–H and O–H groups in total. The Balaban J connectivity index is 1.96. The van der Waals surface area contributed by atoms with Gasteiger partial charge in [-0.25, -0.2) is 4.98 Å². The van der Waals surface area contributed by atoms with Gasteiger partial charge < -0.3 is 5.73 Å². The van der Waals surface area contributed by atoms with Crippen molar-refractivity contribution in [2.75, 3.05) is 0 Å². The topological polar surface area (TPSA) is 51.8 Å². The van der Waals surface area contributed by atoms with Gasteiger partial charge in [-0.3, -0.25) is 4.98 Å². The number of aromatic nitrogens is 2. The number of nitrogens with two attached hydrogens (primary N) is 1. The van der Waals surface area contributed by atoms with Crippen LogP contribution in [0.25, 0.3) is 10.9 Å². The molecule has 21 heavy (non-hydrogen) atoms. The first kappa shape index (κ1) is 14.2. The molecule has 0 spiro atoms. The molecule has 4 heteroatoms. The van der Waals surface area contributed by atoms with Crippen molar-refractivity contribution in [3.8, 4) is 0 Å². The molecule has 1 unspecified atom stereocenters. The Hall–Kier alpha value is -1.78. The third-order valence-corrected chi connectivity index (χ3v) is 4.47. The molecule has 1 atom stereocenters. The lowest BCUT2D eigenvalue weighted by Gasteiger charge is -2.15. The lowest BCUT2D eigenvalue weighted by atomic mass is 9.93. The van der Waals surface area contributed by atoms with Gasteiger partial charge in [0.25, 0.3) is 0 Å². The van der Waals surface area contributed by atoms with Gasteiger partial charge in [0, 0.05) is 22.4 Å². The molecule has 0 aliphatic carbocycles. The maximum atomic E-state index is 6.39. The molecule has 2 heterocycles. The Morgan fingerprint density at radius 2 is 2.00 bits per heavy atom. The molecule has 108 valence electrons. The van der Waals surface area contributed by atoms with Crippen molar-refractivity contribution in [3.05, 3.63) is 58.2 Å². The molecule has 3 rings (SSSR count). The first-order valence-electron chi connectivity index (χ1n) is 7.01. The van der Waals surface area contributed by atoms with Crippen LogP contribution < -0.4 is 5.73 Å². The van der Waals surface area contributed by atoms with Crippen molar-refractivity contribution >= 4 is 22.2 Å². The van der Waals surface area contributed by atoms with E-state index in [-0.39, 0.29) is 11.5 Å². The molecule has 0 saturated heterocycles. The number of hydrogen-bond acceptors (Lipinski definition) is 4. The molecule has 0 aliphatic rings. The molecule has 0 saturated carbocycles. The number of nitrogens with zero attached hydrogens (tertiary/aromatic N) is 2.